The minimum absolute atomic E-state index is 0.0952. The molecule has 0 saturated carbocycles. The van der Waals surface area contributed by atoms with Crippen LogP contribution in [0.15, 0.2) is 59.8 Å². The third-order valence-electron chi connectivity index (χ3n) is 5.94. The molecule has 34 heavy (non-hydrogen) atoms. The molecule has 5 nitrogen and oxygen atoms in total. The van der Waals surface area contributed by atoms with Gasteiger partial charge in [0.2, 0.25) is 5.88 Å². The average molecular weight is 490 g/mol. The van der Waals surface area contributed by atoms with Crippen molar-refractivity contribution in [2.24, 2.45) is 0 Å². The summed E-state index contributed by atoms with van der Waals surface area (Å²) < 4.78 is 6.31. The number of hydrogen-bond donors (Lipinski definition) is 1. The van der Waals surface area contributed by atoms with Crippen molar-refractivity contribution in [2.45, 2.75) is 44.1 Å². The number of aryl methyl sites for hydroxylation is 2. The summed E-state index contributed by atoms with van der Waals surface area (Å²) in [4.78, 5) is 14.2. The number of rotatable bonds is 6. The van der Waals surface area contributed by atoms with E-state index in [9.17, 15) is 5.11 Å². The monoisotopic (exact) mass is 489 g/mol. The Labute approximate surface area is 208 Å². The van der Waals surface area contributed by atoms with Crippen LogP contribution >= 0.6 is 23.4 Å². The molecule has 0 bridgehead atoms. The molecule has 1 N–H and O–H groups in total. The Morgan fingerprint density at radius 2 is 1.88 bits per heavy atom. The third kappa shape index (κ3) is 4.53. The maximum absolute atomic E-state index is 9.87. The molecule has 0 radical (unpaired) electrons. The van der Waals surface area contributed by atoms with Crippen molar-refractivity contribution in [2.75, 3.05) is 0 Å². The van der Waals surface area contributed by atoms with Crippen molar-refractivity contribution in [3.63, 3.8) is 0 Å². The van der Waals surface area contributed by atoms with Crippen LogP contribution < -0.4 is 4.74 Å². The highest BCUT2D eigenvalue weighted by Gasteiger charge is 2.27. The molecule has 0 atom stereocenters. The highest BCUT2D eigenvalue weighted by Crippen LogP contribution is 2.43. The number of nitrogens with zero attached hydrogens (tertiary/aromatic N) is 3. The van der Waals surface area contributed by atoms with Gasteiger partial charge < -0.3 is 9.84 Å². The van der Waals surface area contributed by atoms with Crippen molar-refractivity contribution in [3.8, 4) is 23.0 Å². The maximum Gasteiger partial charge on any atom is 0.227 e. The topological polar surface area (TPSA) is 68.1 Å². The third-order valence-corrected chi connectivity index (χ3v) is 7.27. The van der Waals surface area contributed by atoms with Gasteiger partial charge in [-0.2, -0.15) is 4.98 Å². The molecule has 1 aliphatic heterocycles. The lowest BCUT2D eigenvalue weighted by molar-refractivity contribution is 0.278. The first kappa shape index (κ1) is 22.8. The number of ether oxygens (including phenoxy) is 1. The zero-order valence-electron chi connectivity index (χ0n) is 19.0. The fourth-order valence-corrected chi connectivity index (χ4v) is 5.19. The number of hydrogen-bond acceptors (Lipinski definition) is 6. The van der Waals surface area contributed by atoms with Crippen LogP contribution in [0.1, 0.15) is 40.4 Å². The molecule has 1 aliphatic rings. The van der Waals surface area contributed by atoms with E-state index in [2.05, 4.69) is 42.2 Å². The Morgan fingerprint density at radius 3 is 2.62 bits per heavy atom. The minimum atomic E-state index is -0.0952. The van der Waals surface area contributed by atoms with Gasteiger partial charge in [-0.05, 0) is 36.6 Å². The smallest absolute Gasteiger partial charge is 0.227 e. The van der Waals surface area contributed by atoms with Gasteiger partial charge in [0.1, 0.15) is 5.03 Å². The minimum Gasteiger partial charge on any atom is -0.436 e. The van der Waals surface area contributed by atoms with Crippen molar-refractivity contribution in [1.29, 1.82) is 0 Å². The van der Waals surface area contributed by atoms with Crippen LogP contribution in [0.5, 0.6) is 11.6 Å². The molecule has 2 aromatic heterocycles. The van der Waals surface area contributed by atoms with E-state index in [1.165, 1.54) is 5.56 Å². The zero-order chi connectivity index (χ0) is 23.7. The van der Waals surface area contributed by atoms with Crippen LogP contribution in [-0.4, -0.2) is 20.1 Å². The lowest BCUT2D eigenvalue weighted by Gasteiger charge is -2.24. The first-order chi connectivity index (χ1) is 16.6. The first-order valence-corrected chi connectivity index (χ1v) is 12.6. The van der Waals surface area contributed by atoms with Gasteiger partial charge in [0.25, 0.3) is 0 Å². The Balaban J connectivity index is 1.58. The highest BCUT2D eigenvalue weighted by molar-refractivity contribution is 7.98. The summed E-state index contributed by atoms with van der Waals surface area (Å²) in [5.41, 5.74) is 6.73. The Bertz CT molecular complexity index is 1360. The van der Waals surface area contributed by atoms with Gasteiger partial charge in [-0.15, -0.1) is 11.8 Å². The molecule has 0 unspecified atom stereocenters. The SMILES string of the molecule is CCc1ccc(-c2nc3c(c(SCc4cccc(Cl)c4)n2)Cc2c(CO)cnc(C)c2O3)cc1. The van der Waals surface area contributed by atoms with Gasteiger partial charge in [0.15, 0.2) is 11.6 Å². The first-order valence-electron chi connectivity index (χ1n) is 11.2. The van der Waals surface area contributed by atoms with E-state index in [-0.39, 0.29) is 6.61 Å². The average Bonchev–Trinajstić information content (AvgIpc) is 2.87. The standard InChI is InChI=1S/C27H24ClN3O2S/c1-3-17-7-9-19(10-8-17)25-30-26-23(12-22-20(14-32)13-29-16(2)24(22)33-26)27(31-25)34-15-18-5-4-6-21(28)11-18/h4-11,13,32H,3,12,14-15H2,1-2H3. The summed E-state index contributed by atoms with van der Waals surface area (Å²) >= 11 is 7.83. The van der Waals surface area contributed by atoms with E-state index in [1.807, 2.05) is 25.1 Å². The summed E-state index contributed by atoms with van der Waals surface area (Å²) in [6.45, 7) is 3.95. The Hall–Kier alpha value is -2.93. The van der Waals surface area contributed by atoms with Crippen LogP contribution in [0, 0.1) is 6.92 Å². The summed E-state index contributed by atoms with van der Waals surface area (Å²) in [6.07, 6.45) is 3.27. The van der Waals surface area contributed by atoms with Gasteiger partial charge in [-0.25, -0.2) is 4.98 Å². The second kappa shape index (κ2) is 9.74. The van der Waals surface area contributed by atoms with E-state index < -0.39 is 0 Å². The molecule has 0 spiro atoms. The van der Waals surface area contributed by atoms with Crippen LogP contribution in [0.4, 0.5) is 0 Å². The van der Waals surface area contributed by atoms with Crippen LogP contribution in [0.2, 0.25) is 5.02 Å². The van der Waals surface area contributed by atoms with Crippen LogP contribution in [0.3, 0.4) is 0 Å². The molecular weight excluding hydrogens is 466 g/mol. The van der Waals surface area contributed by atoms with E-state index in [4.69, 9.17) is 26.3 Å². The largest absolute Gasteiger partial charge is 0.436 e. The molecular formula is C27H24ClN3O2S. The summed E-state index contributed by atoms with van der Waals surface area (Å²) in [7, 11) is 0. The molecule has 0 saturated heterocycles. The molecule has 7 heteroatoms. The maximum atomic E-state index is 9.87. The number of aliphatic hydroxyl groups is 1. The van der Waals surface area contributed by atoms with Crippen molar-refractivity contribution < 1.29 is 9.84 Å². The zero-order valence-corrected chi connectivity index (χ0v) is 20.6. The van der Waals surface area contributed by atoms with Gasteiger partial charge in [-0.3, -0.25) is 4.98 Å². The van der Waals surface area contributed by atoms with Gasteiger partial charge in [0, 0.05) is 40.1 Å². The van der Waals surface area contributed by atoms with E-state index >= 15 is 0 Å². The number of pyridine rings is 1. The van der Waals surface area contributed by atoms with E-state index in [0.717, 1.165) is 45.0 Å². The number of aliphatic hydroxyl groups excluding tert-OH is 1. The quantitative estimate of drug-likeness (QED) is 0.215. The molecule has 0 fully saturated rings. The molecule has 2 aromatic carbocycles. The second-order valence-electron chi connectivity index (χ2n) is 8.22. The molecule has 4 aromatic rings. The highest BCUT2D eigenvalue weighted by atomic mass is 35.5. The Kier molecular flexibility index (Phi) is 6.55. The van der Waals surface area contributed by atoms with E-state index in [1.54, 1.807) is 18.0 Å². The van der Waals surface area contributed by atoms with Crippen molar-refractivity contribution in [3.05, 3.63) is 93.3 Å². The number of halogens is 1. The van der Waals surface area contributed by atoms with Crippen LogP contribution in [0.25, 0.3) is 11.4 Å². The van der Waals surface area contributed by atoms with Gasteiger partial charge in [0.05, 0.1) is 17.9 Å². The normalized spacial score (nSPS) is 12.1. The van der Waals surface area contributed by atoms with Crippen molar-refractivity contribution >= 4 is 23.4 Å². The lowest BCUT2D eigenvalue weighted by Crippen LogP contribution is -2.13. The van der Waals surface area contributed by atoms with Gasteiger partial charge in [-0.1, -0.05) is 54.9 Å². The number of benzene rings is 2. The van der Waals surface area contributed by atoms with E-state index in [0.29, 0.717) is 34.7 Å². The predicted octanol–water partition coefficient (Wildman–Crippen LogP) is 6.54. The summed E-state index contributed by atoms with van der Waals surface area (Å²) in [5, 5.41) is 11.5. The predicted molar refractivity (Wildman–Crippen MR) is 136 cm³/mol. The molecule has 0 aliphatic carbocycles. The summed E-state index contributed by atoms with van der Waals surface area (Å²) in [5.74, 6) is 2.57. The van der Waals surface area contributed by atoms with Gasteiger partial charge >= 0.3 is 0 Å². The number of aromatic nitrogens is 3. The molecule has 3 heterocycles. The summed E-state index contributed by atoms with van der Waals surface area (Å²) in [6, 6.07) is 16.2. The fourth-order valence-electron chi connectivity index (χ4n) is 4.01. The van der Waals surface area contributed by atoms with Crippen LogP contribution in [-0.2, 0) is 25.2 Å². The number of thioether (sulfide) groups is 1. The second-order valence-corrected chi connectivity index (χ2v) is 9.62. The lowest BCUT2D eigenvalue weighted by atomic mass is 9.99. The Morgan fingerprint density at radius 1 is 1.06 bits per heavy atom. The molecule has 0 amide bonds. The molecule has 172 valence electrons. The molecule has 5 rings (SSSR count). The fraction of sp³-hybridized carbons (Fsp3) is 0.222. The van der Waals surface area contributed by atoms with Crippen molar-refractivity contribution in [1.82, 2.24) is 15.0 Å². The number of fused-ring (bicyclic) bond motifs is 2.